The number of thiophene rings is 1. The van der Waals surface area contributed by atoms with Crippen molar-refractivity contribution in [2.45, 2.75) is 5.75 Å². The maximum absolute atomic E-state index is 11.9. The van der Waals surface area contributed by atoms with Crippen LogP contribution in [0.15, 0.2) is 47.8 Å². The minimum Gasteiger partial charge on any atom is -0.350 e. The maximum atomic E-state index is 11.9. The zero-order valence-electron chi connectivity index (χ0n) is 11.3. The molecule has 2 N–H and O–H groups in total. The average Bonchev–Trinajstić information content (AvgIpc) is 2.98. The molecule has 112 valence electrons. The summed E-state index contributed by atoms with van der Waals surface area (Å²) >= 11 is 1.35. The second-order valence-electron chi connectivity index (χ2n) is 4.37. The zero-order chi connectivity index (χ0) is 15.1. The molecule has 1 amide bonds. The number of benzene rings is 1. The molecule has 1 aromatic heterocycles. The van der Waals surface area contributed by atoms with E-state index in [2.05, 4.69) is 10.0 Å². The first-order valence-electron chi connectivity index (χ1n) is 6.40. The van der Waals surface area contributed by atoms with Gasteiger partial charge >= 0.3 is 0 Å². The predicted octanol–water partition coefficient (Wildman–Crippen LogP) is 1.60. The van der Waals surface area contributed by atoms with Gasteiger partial charge in [0, 0.05) is 13.1 Å². The smallest absolute Gasteiger partial charge is 0.261 e. The van der Waals surface area contributed by atoms with Crippen molar-refractivity contribution in [2.24, 2.45) is 0 Å². The van der Waals surface area contributed by atoms with Crippen molar-refractivity contribution in [3.8, 4) is 0 Å². The lowest BCUT2D eigenvalue weighted by atomic mass is 10.2. The van der Waals surface area contributed by atoms with Gasteiger partial charge in [0.25, 0.3) is 5.91 Å². The molecule has 7 heteroatoms. The molecular formula is C14H16N2O3S2. The molecule has 0 fully saturated rings. The fourth-order valence-electron chi connectivity index (χ4n) is 1.72. The van der Waals surface area contributed by atoms with E-state index in [0.717, 1.165) is 5.56 Å². The molecule has 0 unspecified atom stereocenters. The molecule has 0 bridgehead atoms. The topological polar surface area (TPSA) is 75.3 Å². The van der Waals surface area contributed by atoms with Crippen LogP contribution in [0.3, 0.4) is 0 Å². The van der Waals surface area contributed by atoms with Crippen molar-refractivity contribution in [3.05, 3.63) is 58.3 Å². The number of amides is 1. The van der Waals surface area contributed by atoms with E-state index in [0.29, 0.717) is 4.88 Å². The van der Waals surface area contributed by atoms with Crippen LogP contribution in [-0.4, -0.2) is 27.4 Å². The Morgan fingerprint density at radius 2 is 1.81 bits per heavy atom. The number of hydrogen-bond acceptors (Lipinski definition) is 4. The summed E-state index contributed by atoms with van der Waals surface area (Å²) in [5.41, 5.74) is 0.729. The van der Waals surface area contributed by atoms with Crippen molar-refractivity contribution in [3.63, 3.8) is 0 Å². The molecule has 2 rings (SSSR count). The van der Waals surface area contributed by atoms with E-state index in [1.807, 2.05) is 11.4 Å². The van der Waals surface area contributed by atoms with E-state index in [1.165, 1.54) is 11.3 Å². The van der Waals surface area contributed by atoms with Crippen LogP contribution in [0.25, 0.3) is 0 Å². The van der Waals surface area contributed by atoms with Crippen LogP contribution in [0.2, 0.25) is 0 Å². The van der Waals surface area contributed by atoms with Gasteiger partial charge in [0.2, 0.25) is 10.0 Å². The van der Waals surface area contributed by atoms with Gasteiger partial charge in [-0.15, -0.1) is 11.3 Å². The Bertz CT molecular complexity index is 668. The Morgan fingerprint density at radius 1 is 1.05 bits per heavy atom. The normalized spacial score (nSPS) is 11.2. The first-order valence-corrected chi connectivity index (χ1v) is 8.93. The highest BCUT2D eigenvalue weighted by Crippen LogP contribution is 2.07. The second-order valence-corrected chi connectivity index (χ2v) is 7.13. The van der Waals surface area contributed by atoms with Gasteiger partial charge in [0.05, 0.1) is 10.6 Å². The van der Waals surface area contributed by atoms with E-state index in [9.17, 15) is 13.2 Å². The van der Waals surface area contributed by atoms with Crippen LogP contribution in [0.1, 0.15) is 15.2 Å². The van der Waals surface area contributed by atoms with Crippen LogP contribution >= 0.6 is 11.3 Å². The third-order valence-corrected chi connectivity index (χ3v) is 4.90. The van der Waals surface area contributed by atoms with Crippen molar-refractivity contribution < 1.29 is 13.2 Å². The van der Waals surface area contributed by atoms with Gasteiger partial charge in [-0.2, -0.15) is 0 Å². The molecule has 0 saturated heterocycles. The van der Waals surface area contributed by atoms with Gasteiger partial charge in [-0.25, -0.2) is 13.1 Å². The van der Waals surface area contributed by atoms with Gasteiger partial charge in [0.1, 0.15) is 0 Å². The summed E-state index contributed by atoms with van der Waals surface area (Å²) in [5.74, 6) is -0.251. The lowest BCUT2D eigenvalue weighted by Gasteiger charge is -2.07. The fraction of sp³-hybridized carbons (Fsp3) is 0.214. The van der Waals surface area contributed by atoms with E-state index in [1.54, 1.807) is 36.4 Å². The number of carbonyl (C=O) groups is 1. The third kappa shape index (κ3) is 5.30. The van der Waals surface area contributed by atoms with Crippen LogP contribution in [-0.2, 0) is 15.8 Å². The molecular weight excluding hydrogens is 308 g/mol. The Morgan fingerprint density at radius 3 is 2.48 bits per heavy atom. The Balaban J connectivity index is 1.74. The van der Waals surface area contributed by atoms with E-state index in [-0.39, 0.29) is 24.7 Å². The Hall–Kier alpha value is -1.70. The first kappa shape index (κ1) is 15.7. The number of carbonyl (C=O) groups excluding carboxylic acids is 1. The lowest BCUT2D eigenvalue weighted by molar-refractivity contribution is 0.0958. The minimum atomic E-state index is -3.39. The number of rotatable bonds is 7. The van der Waals surface area contributed by atoms with Gasteiger partial charge in [-0.3, -0.25) is 4.79 Å². The molecule has 0 atom stereocenters. The van der Waals surface area contributed by atoms with E-state index >= 15 is 0 Å². The average molecular weight is 324 g/mol. The highest BCUT2D eigenvalue weighted by Gasteiger charge is 2.11. The van der Waals surface area contributed by atoms with Crippen molar-refractivity contribution >= 4 is 27.3 Å². The minimum absolute atomic E-state index is 0.0628. The molecule has 1 heterocycles. The Kier molecular flexibility index (Phi) is 5.49. The van der Waals surface area contributed by atoms with Crippen molar-refractivity contribution in [2.75, 3.05) is 13.1 Å². The van der Waals surface area contributed by atoms with Crippen LogP contribution in [0.4, 0.5) is 0 Å². The molecule has 0 aliphatic heterocycles. The maximum Gasteiger partial charge on any atom is 0.261 e. The van der Waals surface area contributed by atoms with Crippen LogP contribution in [0, 0.1) is 0 Å². The monoisotopic (exact) mass is 324 g/mol. The lowest BCUT2D eigenvalue weighted by Crippen LogP contribution is -2.35. The summed E-state index contributed by atoms with van der Waals surface area (Å²) < 4.78 is 26.2. The van der Waals surface area contributed by atoms with Gasteiger partial charge in [-0.1, -0.05) is 36.4 Å². The standard InChI is InChI=1S/C14H16N2O3S2/c17-14(13-7-4-10-20-13)15-8-9-16-21(18,19)11-12-5-2-1-3-6-12/h1-7,10,16H,8-9,11H2,(H,15,17). The molecule has 2 aromatic rings. The van der Waals surface area contributed by atoms with Crippen molar-refractivity contribution in [1.82, 2.24) is 10.0 Å². The SMILES string of the molecule is O=C(NCCNS(=O)(=O)Cc1ccccc1)c1cccs1. The summed E-state index contributed by atoms with van der Waals surface area (Å²) in [5, 5.41) is 4.48. The molecule has 0 aliphatic carbocycles. The molecule has 0 saturated carbocycles. The van der Waals surface area contributed by atoms with Crippen LogP contribution < -0.4 is 10.0 Å². The van der Waals surface area contributed by atoms with E-state index in [4.69, 9.17) is 0 Å². The Labute approximate surface area is 128 Å². The zero-order valence-corrected chi connectivity index (χ0v) is 12.9. The molecule has 5 nitrogen and oxygen atoms in total. The first-order chi connectivity index (χ1) is 10.1. The van der Waals surface area contributed by atoms with Crippen LogP contribution in [0.5, 0.6) is 0 Å². The molecule has 0 radical (unpaired) electrons. The number of hydrogen-bond donors (Lipinski definition) is 2. The summed E-state index contributed by atoms with van der Waals surface area (Å²) in [4.78, 5) is 12.3. The second kappa shape index (κ2) is 7.35. The highest BCUT2D eigenvalue weighted by atomic mass is 32.2. The van der Waals surface area contributed by atoms with E-state index < -0.39 is 10.0 Å². The molecule has 0 aliphatic rings. The quantitative estimate of drug-likeness (QED) is 0.760. The van der Waals surface area contributed by atoms with Crippen molar-refractivity contribution in [1.29, 1.82) is 0 Å². The van der Waals surface area contributed by atoms with Gasteiger partial charge < -0.3 is 5.32 Å². The largest absolute Gasteiger partial charge is 0.350 e. The molecule has 0 spiro atoms. The fourth-order valence-corrected chi connectivity index (χ4v) is 3.51. The third-order valence-electron chi connectivity index (χ3n) is 2.68. The predicted molar refractivity (Wildman–Crippen MR) is 83.7 cm³/mol. The summed E-state index contributed by atoms with van der Waals surface area (Å²) in [6.07, 6.45) is 0. The van der Waals surface area contributed by atoms with Gasteiger partial charge in [-0.05, 0) is 17.0 Å². The van der Waals surface area contributed by atoms with Gasteiger partial charge in [0.15, 0.2) is 0 Å². The summed E-state index contributed by atoms with van der Waals surface area (Å²) in [6, 6.07) is 12.5. The highest BCUT2D eigenvalue weighted by molar-refractivity contribution is 7.88. The molecule has 21 heavy (non-hydrogen) atoms. The number of sulfonamides is 1. The molecule has 1 aromatic carbocycles. The summed E-state index contributed by atoms with van der Waals surface area (Å²) in [7, 11) is -3.39. The summed E-state index contributed by atoms with van der Waals surface area (Å²) in [6.45, 7) is 0.428. The number of nitrogens with one attached hydrogen (secondary N) is 2.